The lowest BCUT2D eigenvalue weighted by atomic mass is 9.68. The first-order chi connectivity index (χ1) is 14.9. The third-order valence-corrected chi connectivity index (χ3v) is 5.67. The zero-order valence-corrected chi connectivity index (χ0v) is 16.2. The summed E-state index contributed by atoms with van der Waals surface area (Å²) in [6.45, 7) is 1.74. The number of nitro benzene ring substituents is 1. The van der Waals surface area contributed by atoms with E-state index in [0.717, 1.165) is 0 Å². The molecule has 2 aliphatic heterocycles. The first kappa shape index (κ1) is 18.4. The van der Waals surface area contributed by atoms with Crippen molar-refractivity contribution in [3.63, 3.8) is 0 Å². The number of hydrogen-bond donors (Lipinski definition) is 3. The normalized spacial score (nSPS) is 18.8. The molecule has 1 aromatic heterocycles. The number of anilines is 2. The topological polar surface area (TPSA) is 152 Å². The van der Waals surface area contributed by atoms with Crippen LogP contribution in [0.2, 0.25) is 0 Å². The maximum atomic E-state index is 13.4. The van der Waals surface area contributed by atoms with Crippen LogP contribution < -0.4 is 16.4 Å². The van der Waals surface area contributed by atoms with Gasteiger partial charge < -0.3 is 16.4 Å². The summed E-state index contributed by atoms with van der Waals surface area (Å²) in [6, 6.07) is 15.1. The number of aromatic nitrogens is 2. The molecule has 4 N–H and O–H groups in total. The summed E-state index contributed by atoms with van der Waals surface area (Å²) < 4.78 is 1.53. The Labute approximate surface area is 175 Å². The summed E-state index contributed by atoms with van der Waals surface area (Å²) in [5.41, 5.74) is 7.62. The summed E-state index contributed by atoms with van der Waals surface area (Å²) in [5, 5.41) is 31.4. The number of nitrogens with two attached hydrogens (primary N) is 1. The van der Waals surface area contributed by atoms with Crippen LogP contribution in [0.4, 0.5) is 17.2 Å². The van der Waals surface area contributed by atoms with Gasteiger partial charge in [-0.2, -0.15) is 10.4 Å². The minimum absolute atomic E-state index is 0.0462. The van der Waals surface area contributed by atoms with Crippen LogP contribution in [-0.4, -0.2) is 20.6 Å². The Morgan fingerprint density at radius 2 is 1.90 bits per heavy atom. The van der Waals surface area contributed by atoms with Crippen molar-refractivity contribution in [2.24, 2.45) is 5.73 Å². The standard InChI is InChI=1S/C21H15N7O3/c1-11-17-19(27(26-11)12-6-8-13(9-7-12)28(30)31)25-18(23)15(10-22)21(17)14-4-2-3-5-16(14)24-20(21)29/h2-9,25H,23H2,1H3,(H,24,29). The van der Waals surface area contributed by atoms with E-state index in [1.165, 1.54) is 16.8 Å². The number of nitriles is 1. The Kier molecular flexibility index (Phi) is 3.66. The van der Waals surface area contributed by atoms with Crippen LogP contribution in [0, 0.1) is 28.4 Å². The van der Waals surface area contributed by atoms with Crippen molar-refractivity contribution in [3.8, 4) is 11.8 Å². The molecule has 2 aromatic carbocycles. The summed E-state index contributed by atoms with van der Waals surface area (Å²) in [6.07, 6.45) is 0. The van der Waals surface area contributed by atoms with Gasteiger partial charge in [-0.1, -0.05) is 18.2 Å². The molecule has 152 valence electrons. The van der Waals surface area contributed by atoms with Crippen LogP contribution in [0.5, 0.6) is 0 Å². The molecule has 2 aliphatic rings. The van der Waals surface area contributed by atoms with Gasteiger partial charge in [0, 0.05) is 28.9 Å². The predicted molar refractivity (Wildman–Crippen MR) is 111 cm³/mol. The van der Waals surface area contributed by atoms with Gasteiger partial charge in [0.25, 0.3) is 5.69 Å². The Morgan fingerprint density at radius 1 is 1.19 bits per heavy atom. The fourth-order valence-electron chi connectivity index (χ4n) is 4.41. The molecule has 0 fully saturated rings. The summed E-state index contributed by atoms with van der Waals surface area (Å²) >= 11 is 0. The van der Waals surface area contributed by atoms with Crippen molar-refractivity contribution in [1.29, 1.82) is 5.26 Å². The lowest BCUT2D eigenvalue weighted by Gasteiger charge is -2.33. The second-order valence-corrected chi connectivity index (χ2v) is 7.27. The van der Waals surface area contributed by atoms with E-state index in [1.54, 1.807) is 43.3 Å². The maximum Gasteiger partial charge on any atom is 0.269 e. The average molecular weight is 413 g/mol. The average Bonchev–Trinajstić information content (AvgIpc) is 3.23. The highest BCUT2D eigenvalue weighted by molar-refractivity contribution is 6.13. The van der Waals surface area contributed by atoms with Crippen molar-refractivity contribution in [2.75, 3.05) is 10.6 Å². The Balaban J connectivity index is 1.81. The molecule has 1 atom stereocenters. The van der Waals surface area contributed by atoms with Gasteiger partial charge in [0.1, 0.15) is 23.1 Å². The van der Waals surface area contributed by atoms with Gasteiger partial charge in [0.2, 0.25) is 5.91 Å². The molecule has 10 heteroatoms. The largest absolute Gasteiger partial charge is 0.384 e. The van der Waals surface area contributed by atoms with Crippen molar-refractivity contribution >= 4 is 23.1 Å². The van der Waals surface area contributed by atoms with Crippen molar-refractivity contribution < 1.29 is 9.72 Å². The first-order valence-corrected chi connectivity index (χ1v) is 9.32. The molecule has 1 amide bonds. The Morgan fingerprint density at radius 3 is 2.58 bits per heavy atom. The van der Waals surface area contributed by atoms with E-state index in [1.807, 2.05) is 0 Å². The minimum Gasteiger partial charge on any atom is -0.384 e. The number of nitro groups is 1. The number of aryl methyl sites for hydroxylation is 1. The molecule has 0 bridgehead atoms. The summed E-state index contributed by atoms with van der Waals surface area (Å²) in [4.78, 5) is 23.9. The van der Waals surface area contributed by atoms with Gasteiger partial charge in [-0.15, -0.1) is 0 Å². The zero-order chi connectivity index (χ0) is 21.9. The number of hydrogen-bond acceptors (Lipinski definition) is 7. The molecular weight excluding hydrogens is 398 g/mol. The van der Waals surface area contributed by atoms with Gasteiger partial charge >= 0.3 is 0 Å². The van der Waals surface area contributed by atoms with Crippen molar-refractivity contribution in [1.82, 2.24) is 9.78 Å². The van der Waals surface area contributed by atoms with Crippen LogP contribution in [0.15, 0.2) is 59.9 Å². The monoisotopic (exact) mass is 413 g/mol. The number of amides is 1. The van der Waals surface area contributed by atoms with E-state index >= 15 is 0 Å². The number of benzene rings is 2. The van der Waals surface area contributed by atoms with E-state index in [9.17, 15) is 20.2 Å². The zero-order valence-electron chi connectivity index (χ0n) is 16.2. The Bertz CT molecular complexity index is 1360. The van der Waals surface area contributed by atoms with Crippen molar-refractivity contribution in [2.45, 2.75) is 12.3 Å². The fraction of sp³-hybridized carbons (Fsp3) is 0.0952. The molecule has 1 spiro atoms. The summed E-state index contributed by atoms with van der Waals surface area (Å²) in [5.74, 6) is 0.0851. The van der Waals surface area contributed by atoms with Crippen molar-refractivity contribution in [3.05, 3.63) is 86.9 Å². The number of para-hydroxylation sites is 1. The molecule has 0 saturated carbocycles. The highest BCUT2D eigenvalue weighted by Crippen LogP contribution is 2.53. The van der Waals surface area contributed by atoms with E-state index < -0.39 is 10.3 Å². The van der Waals surface area contributed by atoms with Crippen LogP contribution in [-0.2, 0) is 10.2 Å². The lowest BCUT2D eigenvalue weighted by Crippen LogP contribution is -2.43. The summed E-state index contributed by atoms with van der Waals surface area (Å²) in [7, 11) is 0. The molecule has 0 radical (unpaired) electrons. The SMILES string of the molecule is Cc1nn(-c2ccc([N+](=O)[O-])cc2)c2c1C1(C(=O)Nc3ccccc31)C(C#N)=C(N)N2. The number of carbonyl (C=O) groups excluding carboxylic acids is 1. The van der Waals surface area contributed by atoms with Gasteiger partial charge in [0.15, 0.2) is 0 Å². The van der Waals surface area contributed by atoms with Gasteiger partial charge in [0.05, 0.1) is 21.9 Å². The minimum atomic E-state index is -1.45. The van der Waals surface area contributed by atoms with E-state index in [0.29, 0.717) is 34.0 Å². The number of non-ortho nitro benzene ring substituents is 1. The fourth-order valence-corrected chi connectivity index (χ4v) is 4.41. The van der Waals surface area contributed by atoms with Crippen LogP contribution in [0.25, 0.3) is 5.69 Å². The highest BCUT2D eigenvalue weighted by atomic mass is 16.6. The molecular formula is C21H15N7O3. The molecule has 31 heavy (non-hydrogen) atoms. The van der Waals surface area contributed by atoms with Crippen LogP contribution in [0.3, 0.4) is 0 Å². The van der Waals surface area contributed by atoms with Gasteiger partial charge in [-0.3, -0.25) is 14.9 Å². The number of nitrogens with zero attached hydrogens (tertiary/aromatic N) is 4. The number of nitrogens with one attached hydrogen (secondary N) is 2. The molecule has 0 saturated heterocycles. The second-order valence-electron chi connectivity index (χ2n) is 7.27. The second kappa shape index (κ2) is 6.17. The molecule has 3 aromatic rings. The van der Waals surface area contributed by atoms with Gasteiger partial charge in [-0.05, 0) is 25.1 Å². The van der Waals surface area contributed by atoms with E-state index in [2.05, 4.69) is 21.8 Å². The number of rotatable bonds is 2. The third kappa shape index (κ3) is 2.25. The quantitative estimate of drug-likeness (QED) is 0.431. The highest BCUT2D eigenvalue weighted by Gasteiger charge is 2.57. The van der Waals surface area contributed by atoms with E-state index in [-0.39, 0.29) is 23.0 Å². The van der Waals surface area contributed by atoms with Crippen LogP contribution >= 0.6 is 0 Å². The predicted octanol–water partition coefficient (Wildman–Crippen LogP) is 2.45. The smallest absolute Gasteiger partial charge is 0.269 e. The third-order valence-electron chi connectivity index (χ3n) is 5.67. The number of fused-ring (bicyclic) bond motifs is 4. The molecule has 1 unspecified atom stereocenters. The molecule has 10 nitrogen and oxygen atoms in total. The lowest BCUT2D eigenvalue weighted by molar-refractivity contribution is -0.384. The molecule has 3 heterocycles. The Hall–Kier alpha value is -4.65. The molecule has 0 aliphatic carbocycles. The first-order valence-electron chi connectivity index (χ1n) is 9.32. The van der Waals surface area contributed by atoms with Gasteiger partial charge in [-0.25, -0.2) is 4.68 Å². The van der Waals surface area contributed by atoms with E-state index in [4.69, 9.17) is 5.73 Å². The molecule has 5 rings (SSSR count). The van der Waals surface area contributed by atoms with Crippen LogP contribution in [0.1, 0.15) is 16.8 Å². The number of carbonyl (C=O) groups is 1. The maximum absolute atomic E-state index is 13.4.